The lowest BCUT2D eigenvalue weighted by atomic mass is 10.1. The van der Waals surface area contributed by atoms with E-state index in [1.54, 1.807) is 31.2 Å². The van der Waals surface area contributed by atoms with Gasteiger partial charge in [0.25, 0.3) is 5.56 Å². The van der Waals surface area contributed by atoms with Gasteiger partial charge in [-0.25, -0.2) is 4.98 Å². The van der Waals surface area contributed by atoms with Crippen LogP contribution in [0.25, 0.3) is 10.9 Å². The van der Waals surface area contributed by atoms with E-state index in [1.807, 2.05) is 0 Å². The zero-order valence-electron chi connectivity index (χ0n) is 11.9. The highest BCUT2D eigenvalue weighted by Gasteiger charge is 2.30. The lowest BCUT2D eigenvalue weighted by molar-refractivity contribution is -0.131. The van der Waals surface area contributed by atoms with Gasteiger partial charge in [-0.15, -0.1) is 0 Å². The van der Waals surface area contributed by atoms with Crippen molar-refractivity contribution in [3.05, 3.63) is 40.4 Å². The topological polar surface area (TPSA) is 72.3 Å². The van der Waals surface area contributed by atoms with Crippen LogP contribution >= 0.6 is 0 Å². The number of imide groups is 1. The Hall–Kier alpha value is -2.50. The van der Waals surface area contributed by atoms with E-state index in [2.05, 4.69) is 4.98 Å². The summed E-state index contributed by atoms with van der Waals surface area (Å²) in [5.74, 6) is -0.922. The molecule has 1 aromatic carbocycles. The lowest BCUT2D eigenvalue weighted by Gasteiger charge is -2.27. The summed E-state index contributed by atoms with van der Waals surface area (Å²) >= 11 is 0. The summed E-state index contributed by atoms with van der Waals surface area (Å²) in [4.78, 5) is 41.0. The fourth-order valence-corrected chi connectivity index (χ4v) is 2.31. The van der Waals surface area contributed by atoms with Crippen molar-refractivity contribution in [2.24, 2.45) is 0 Å². The van der Waals surface area contributed by atoms with Gasteiger partial charge in [0.2, 0.25) is 11.8 Å². The minimum atomic E-state index is -1.03. The number of fused-ring (bicyclic) bond motifs is 1. The summed E-state index contributed by atoms with van der Waals surface area (Å²) in [6.07, 6.45) is -0.776. The standard InChI is InChI=1S/C14H13N3O3/c1-9-15-11-6-3-2-5-10(11)14(20)16(9)17-12(18)7-4-8-13(17)19/h2-3,5-6H,4,7-8H2,1H3/i7D. The number of hydrogen-bond acceptors (Lipinski definition) is 4. The van der Waals surface area contributed by atoms with E-state index in [0.717, 1.165) is 9.69 Å². The molecule has 2 amide bonds. The monoisotopic (exact) mass is 272 g/mol. The SMILES string of the molecule is [2H]C1CCC(=O)N(n2c(C)nc3ccccc3c2=O)C1=O. The third-order valence-electron chi connectivity index (χ3n) is 3.24. The molecule has 1 atom stereocenters. The summed E-state index contributed by atoms with van der Waals surface area (Å²) in [5.41, 5.74) is 0.0319. The quantitative estimate of drug-likeness (QED) is 0.722. The van der Waals surface area contributed by atoms with E-state index in [0.29, 0.717) is 10.9 Å². The third-order valence-corrected chi connectivity index (χ3v) is 3.24. The highest BCUT2D eigenvalue weighted by molar-refractivity contribution is 6.10. The zero-order chi connectivity index (χ0) is 15.1. The van der Waals surface area contributed by atoms with E-state index in [9.17, 15) is 14.4 Å². The van der Waals surface area contributed by atoms with Crippen LogP contribution in [-0.2, 0) is 9.59 Å². The van der Waals surface area contributed by atoms with Gasteiger partial charge in [-0.3, -0.25) is 14.4 Å². The van der Waals surface area contributed by atoms with Gasteiger partial charge in [-0.1, -0.05) is 12.1 Å². The number of amides is 2. The van der Waals surface area contributed by atoms with Gasteiger partial charge in [0.15, 0.2) is 0 Å². The van der Waals surface area contributed by atoms with Crippen LogP contribution in [0.2, 0.25) is 0 Å². The number of para-hydroxylation sites is 1. The van der Waals surface area contributed by atoms with E-state index in [4.69, 9.17) is 1.37 Å². The molecule has 1 aliphatic heterocycles. The van der Waals surface area contributed by atoms with Crippen LogP contribution < -0.4 is 10.6 Å². The normalized spacial score (nSPS) is 20.4. The first-order chi connectivity index (χ1) is 10.0. The van der Waals surface area contributed by atoms with Crippen LogP contribution in [0.3, 0.4) is 0 Å². The minimum Gasteiger partial charge on any atom is -0.273 e. The molecule has 0 radical (unpaired) electrons. The first kappa shape index (κ1) is 11.3. The first-order valence-corrected chi connectivity index (χ1v) is 6.28. The minimum absolute atomic E-state index is 0.0681. The van der Waals surface area contributed by atoms with Crippen molar-refractivity contribution in [1.82, 2.24) is 9.66 Å². The largest absolute Gasteiger partial charge is 0.280 e. The van der Waals surface area contributed by atoms with Crippen LogP contribution in [0.1, 0.15) is 26.4 Å². The maximum atomic E-state index is 12.6. The third kappa shape index (κ3) is 1.80. The highest BCUT2D eigenvalue weighted by Crippen LogP contribution is 2.13. The highest BCUT2D eigenvalue weighted by atomic mass is 16.2. The lowest BCUT2D eigenvalue weighted by Crippen LogP contribution is -2.53. The Morgan fingerprint density at radius 3 is 2.75 bits per heavy atom. The molecule has 0 aliphatic carbocycles. The predicted molar refractivity (Wildman–Crippen MR) is 72.8 cm³/mol. The van der Waals surface area contributed by atoms with Crippen molar-refractivity contribution < 1.29 is 11.0 Å². The maximum absolute atomic E-state index is 12.6. The van der Waals surface area contributed by atoms with Crippen LogP contribution in [0.4, 0.5) is 0 Å². The molecule has 20 heavy (non-hydrogen) atoms. The van der Waals surface area contributed by atoms with Crippen molar-refractivity contribution in [2.45, 2.75) is 26.2 Å². The number of nitrogens with zero attached hydrogens (tertiary/aromatic N) is 3. The van der Waals surface area contributed by atoms with Gasteiger partial charge >= 0.3 is 0 Å². The molecular formula is C14H13N3O3. The number of carbonyl (C=O) groups is 2. The molecule has 1 aromatic heterocycles. The molecule has 0 spiro atoms. The smallest absolute Gasteiger partial charge is 0.273 e. The number of aryl methyl sites for hydroxylation is 1. The van der Waals surface area contributed by atoms with Crippen molar-refractivity contribution in [3.63, 3.8) is 0 Å². The molecule has 0 saturated carbocycles. The maximum Gasteiger partial charge on any atom is 0.280 e. The zero-order valence-corrected chi connectivity index (χ0v) is 10.9. The molecule has 102 valence electrons. The summed E-state index contributed by atoms with van der Waals surface area (Å²) in [7, 11) is 0. The first-order valence-electron chi connectivity index (χ1n) is 6.86. The van der Waals surface area contributed by atoms with Crippen molar-refractivity contribution >= 4 is 22.7 Å². The summed E-state index contributed by atoms with van der Waals surface area (Å²) in [6, 6.07) is 6.74. The van der Waals surface area contributed by atoms with Crippen LogP contribution in [-0.4, -0.2) is 21.5 Å². The van der Waals surface area contributed by atoms with Crippen LogP contribution in [0, 0.1) is 6.92 Å². The fraction of sp³-hybridized carbons (Fsp3) is 0.286. The fourth-order valence-electron chi connectivity index (χ4n) is 2.31. The summed E-state index contributed by atoms with van der Waals surface area (Å²) in [6.45, 7) is 1.56. The number of hydrogen-bond donors (Lipinski definition) is 0. The Morgan fingerprint density at radius 2 is 1.95 bits per heavy atom. The van der Waals surface area contributed by atoms with E-state index in [-0.39, 0.29) is 18.7 Å². The molecule has 2 aromatic rings. The van der Waals surface area contributed by atoms with E-state index < -0.39 is 23.8 Å². The molecule has 0 N–H and O–H groups in total. The summed E-state index contributed by atoms with van der Waals surface area (Å²) in [5, 5.41) is 1.09. The number of piperidine rings is 1. The van der Waals surface area contributed by atoms with Crippen LogP contribution in [0.15, 0.2) is 29.1 Å². The molecule has 6 nitrogen and oxygen atoms in total. The molecule has 1 saturated heterocycles. The Bertz CT molecular complexity index is 815. The molecule has 2 heterocycles. The Morgan fingerprint density at radius 1 is 1.20 bits per heavy atom. The molecular weight excluding hydrogens is 258 g/mol. The Kier molecular flexibility index (Phi) is 2.58. The van der Waals surface area contributed by atoms with Crippen molar-refractivity contribution in [2.75, 3.05) is 5.01 Å². The number of carbonyl (C=O) groups excluding carboxylic acids is 2. The molecule has 6 heteroatoms. The van der Waals surface area contributed by atoms with Gasteiger partial charge in [-0.05, 0) is 25.5 Å². The van der Waals surface area contributed by atoms with E-state index >= 15 is 0 Å². The molecule has 1 aliphatic rings. The predicted octanol–water partition coefficient (Wildman–Crippen LogP) is 0.880. The second-order valence-electron chi connectivity index (χ2n) is 4.58. The van der Waals surface area contributed by atoms with Gasteiger partial charge in [-0.2, -0.15) is 9.69 Å². The number of rotatable bonds is 1. The van der Waals surface area contributed by atoms with Gasteiger partial charge in [0, 0.05) is 14.2 Å². The number of benzene rings is 1. The average molecular weight is 272 g/mol. The Labute approximate surface area is 116 Å². The number of aromatic nitrogens is 2. The molecule has 1 unspecified atom stereocenters. The molecule has 1 fully saturated rings. The summed E-state index contributed by atoms with van der Waals surface area (Å²) < 4.78 is 8.65. The molecule has 3 rings (SSSR count). The average Bonchev–Trinajstić information content (AvgIpc) is 2.46. The Balaban J connectivity index is 2.27. The van der Waals surface area contributed by atoms with Gasteiger partial charge in [0.1, 0.15) is 5.82 Å². The second-order valence-corrected chi connectivity index (χ2v) is 4.58. The molecule has 0 bridgehead atoms. The van der Waals surface area contributed by atoms with Crippen molar-refractivity contribution in [3.8, 4) is 0 Å². The van der Waals surface area contributed by atoms with Gasteiger partial charge in [0.05, 0.1) is 10.9 Å². The van der Waals surface area contributed by atoms with Crippen LogP contribution in [0.5, 0.6) is 0 Å². The van der Waals surface area contributed by atoms with Crippen molar-refractivity contribution in [1.29, 1.82) is 0 Å². The van der Waals surface area contributed by atoms with E-state index in [1.165, 1.54) is 0 Å². The second kappa shape index (κ2) is 4.56. The van der Waals surface area contributed by atoms with Gasteiger partial charge < -0.3 is 0 Å².